The van der Waals surface area contributed by atoms with Crippen LogP contribution in [0, 0.1) is 0 Å². The van der Waals surface area contributed by atoms with Gasteiger partial charge in [0.1, 0.15) is 24.4 Å². The molecule has 0 aromatic rings. The van der Waals surface area contributed by atoms with E-state index in [0.29, 0.717) is 6.42 Å². The van der Waals surface area contributed by atoms with E-state index in [4.69, 9.17) is 9.47 Å². The second-order valence-corrected chi connectivity index (χ2v) is 17.2. The van der Waals surface area contributed by atoms with Gasteiger partial charge in [-0.15, -0.1) is 0 Å². The lowest BCUT2D eigenvalue weighted by Gasteiger charge is -2.40. The van der Waals surface area contributed by atoms with E-state index in [1.807, 2.05) is 18.2 Å². The fraction of sp³-hybridized carbons (Fsp3) is 0.788. The summed E-state index contributed by atoms with van der Waals surface area (Å²) in [6.07, 6.45) is 48.7. The molecule has 61 heavy (non-hydrogen) atoms. The smallest absolute Gasteiger partial charge is 0.220 e. The fourth-order valence-corrected chi connectivity index (χ4v) is 7.64. The van der Waals surface area contributed by atoms with Gasteiger partial charge in [-0.2, -0.15) is 0 Å². The summed E-state index contributed by atoms with van der Waals surface area (Å²) in [7, 11) is 0. The number of unbranched alkanes of at least 4 members (excludes halogenated alkanes) is 23. The van der Waals surface area contributed by atoms with E-state index < -0.39 is 49.5 Å². The number of carbonyl (C=O) groups is 1. The van der Waals surface area contributed by atoms with Crippen LogP contribution < -0.4 is 5.32 Å². The summed E-state index contributed by atoms with van der Waals surface area (Å²) in [6, 6.07) is -0.845. The van der Waals surface area contributed by atoms with Crippen molar-refractivity contribution in [3.8, 4) is 0 Å². The Morgan fingerprint density at radius 3 is 1.48 bits per heavy atom. The first-order valence-electron chi connectivity index (χ1n) is 25.0. The molecule has 1 rings (SSSR count). The number of rotatable bonds is 41. The van der Waals surface area contributed by atoms with Gasteiger partial charge in [0.2, 0.25) is 5.91 Å². The molecule has 6 N–H and O–H groups in total. The number of nitrogens with one attached hydrogen (secondary N) is 1. The molecule has 0 saturated carbocycles. The van der Waals surface area contributed by atoms with Crippen LogP contribution in [0.5, 0.6) is 0 Å². The summed E-state index contributed by atoms with van der Waals surface area (Å²) < 4.78 is 11.2. The average Bonchev–Trinajstić information content (AvgIpc) is 3.26. The average molecular weight is 860 g/mol. The summed E-state index contributed by atoms with van der Waals surface area (Å²) in [6.45, 7) is 3.61. The van der Waals surface area contributed by atoms with Crippen molar-refractivity contribution < 1.29 is 39.8 Å². The van der Waals surface area contributed by atoms with Crippen molar-refractivity contribution >= 4 is 5.91 Å². The maximum absolute atomic E-state index is 12.9. The Labute approximate surface area is 373 Å². The molecule has 354 valence electrons. The first kappa shape index (κ1) is 56.9. The molecule has 0 aliphatic carbocycles. The molecule has 7 unspecified atom stereocenters. The molecule has 7 atom stereocenters. The van der Waals surface area contributed by atoms with Gasteiger partial charge in [-0.3, -0.25) is 4.79 Å². The lowest BCUT2D eigenvalue weighted by molar-refractivity contribution is -0.302. The van der Waals surface area contributed by atoms with Crippen LogP contribution in [0.3, 0.4) is 0 Å². The van der Waals surface area contributed by atoms with E-state index in [2.05, 4.69) is 55.6 Å². The van der Waals surface area contributed by atoms with Gasteiger partial charge < -0.3 is 40.3 Å². The van der Waals surface area contributed by atoms with Crippen LogP contribution in [0.4, 0.5) is 0 Å². The highest BCUT2D eigenvalue weighted by Crippen LogP contribution is 2.23. The number of aliphatic hydroxyl groups is 5. The number of amides is 1. The molecule has 1 aliphatic heterocycles. The molecule has 0 aromatic carbocycles. The highest BCUT2D eigenvalue weighted by molar-refractivity contribution is 5.76. The number of hydrogen-bond donors (Lipinski definition) is 6. The lowest BCUT2D eigenvalue weighted by Crippen LogP contribution is -2.60. The first-order chi connectivity index (χ1) is 29.8. The van der Waals surface area contributed by atoms with Gasteiger partial charge in [0.25, 0.3) is 0 Å². The van der Waals surface area contributed by atoms with Gasteiger partial charge in [0, 0.05) is 6.42 Å². The highest BCUT2D eigenvalue weighted by Gasteiger charge is 2.44. The van der Waals surface area contributed by atoms with Gasteiger partial charge in [-0.05, 0) is 44.9 Å². The van der Waals surface area contributed by atoms with Crippen LogP contribution in [0.15, 0.2) is 60.8 Å². The van der Waals surface area contributed by atoms with E-state index in [0.717, 1.165) is 44.9 Å². The van der Waals surface area contributed by atoms with Crippen molar-refractivity contribution in [2.24, 2.45) is 0 Å². The predicted molar refractivity (Wildman–Crippen MR) is 253 cm³/mol. The zero-order chi connectivity index (χ0) is 44.4. The maximum atomic E-state index is 12.9. The molecule has 0 spiro atoms. The third-order valence-electron chi connectivity index (χ3n) is 11.6. The van der Waals surface area contributed by atoms with Gasteiger partial charge in [-0.25, -0.2) is 0 Å². The first-order valence-corrected chi connectivity index (χ1v) is 25.0. The van der Waals surface area contributed by atoms with Gasteiger partial charge >= 0.3 is 0 Å². The Kier molecular flexibility index (Phi) is 39.1. The zero-order valence-electron chi connectivity index (χ0n) is 38.9. The molecule has 1 heterocycles. The van der Waals surface area contributed by atoms with E-state index >= 15 is 0 Å². The third-order valence-corrected chi connectivity index (χ3v) is 11.6. The van der Waals surface area contributed by atoms with Gasteiger partial charge in [0.05, 0.1) is 25.4 Å². The van der Waals surface area contributed by atoms with Crippen LogP contribution in [0.2, 0.25) is 0 Å². The summed E-state index contributed by atoms with van der Waals surface area (Å²) >= 11 is 0. The normalized spacial score (nSPS) is 20.9. The highest BCUT2D eigenvalue weighted by atomic mass is 16.7. The molecule has 9 heteroatoms. The van der Waals surface area contributed by atoms with Crippen LogP contribution in [-0.2, 0) is 14.3 Å². The van der Waals surface area contributed by atoms with Crippen molar-refractivity contribution in [3.63, 3.8) is 0 Å². The standard InChI is InChI=1S/C52H93NO8/c1-3-5-7-9-11-13-15-17-18-19-20-21-22-23-24-25-26-27-28-30-31-33-35-37-39-41-46(55)45(44-60-52-51(59)50(58)49(57)47(43-54)61-52)53-48(56)42-40-38-36-34-32-29-16-14-12-10-8-6-4-2/h6,8,12,14,29,32,36,38-39,41,45-47,49-52,54-55,57-59H,3-5,7,9-11,13,15-28,30-31,33-35,37,40,42-44H2,1-2H3,(H,53,56)/b8-6-,14-12-,32-29-,38-36-,41-39+. The SMILES string of the molecule is CC/C=C\C/C=C\C/C=C\C/C=C\CCC(=O)NC(COC1OC(CO)C(O)C(O)C1O)C(O)/C=C/CCCCCCCCCCCCCCCCCCCCCCCCC. The molecule has 1 saturated heterocycles. The van der Waals surface area contributed by atoms with Crippen LogP contribution in [0.25, 0.3) is 0 Å². The van der Waals surface area contributed by atoms with Crippen LogP contribution in [0.1, 0.15) is 206 Å². The minimum Gasteiger partial charge on any atom is -0.394 e. The van der Waals surface area contributed by atoms with E-state index in [-0.39, 0.29) is 18.9 Å². The topological polar surface area (TPSA) is 149 Å². The van der Waals surface area contributed by atoms with E-state index in [1.54, 1.807) is 6.08 Å². The third kappa shape index (κ3) is 32.2. The Morgan fingerprint density at radius 1 is 0.574 bits per heavy atom. The summed E-state index contributed by atoms with van der Waals surface area (Å²) in [4.78, 5) is 12.9. The minimum absolute atomic E-state index is 0.219. The molecular weight excluding hydrogens is 767 g/mol. The van der Waals surface area contributed by atoms with Crippen LogP contribution >= 0.6 is 0 Å². The van der Waals surface area contributed by atoms with Gasteiger partial charge in [0.15, 0.2) is 6.29 Å². The quantitative estimate of drug-likeness (QED) is 0.0263. The van der Waals surface area contributed by atoms with Crippen molar-refractivity contribution in [1.29, 1.82) is 0 Å². The van der Waals surface area contributed by atoms with Crippen molar-refractivity contribution in [1.82, 2.24) is 5.32 Å². The summed E-state index contributed by atoms with van der Waals surface area (Å²) in [5.74, 6) is -0.257. The molecule has 0 bridgehead atoms. The Morgan fingerprint density at radius 2 is 1.02 bits per heavy atom. The molecule has 1 fully saturated rings. The Hall–Kier alpha value is -2.11. The monoisotopic (exact) mass is 860 g/mol. The molecule has 0 aromatic heterocycles. The zero-order valence-corrected chi connectivity index (χ0v) is 38.9. The second-order valence-electron chi connectivity index (χ2n) is 17.2. The molecule has 1 amide bonds. The van der Waals surface area contributed by atoms with E-state index in [9.17, 15) is 30.3 Å². The largest absolute Gasteiger partial charge is 0.394 e. The second kappa shape index (κ2) is 41.9. The number of hydrogen-bond acceptors (Lipinski definition) is 8. The van der Waals surface area contributed by atoms with Crippen molar-refractivity contribution in [3.05, 3.63) is 60.8 Å². The fourth-order valence-electron chi connectivity index (χ4n) is 7.64. The summed E-state index contributed by atoms with van der Waals surface area (Å²) in [5.41, 5.74) is 0. The van der Waals surface area contributed by atoms with Gasteiger partial charge in [-0.1, -0.05) is 216 Å². The maximum Gasteiger partial charge on any atom is 0.220 e. The number of ether oxygens (including phenoxy) is 2. The molecule has 1 aliphatic rings. The molecule has 0 radical (unpaired) electrons. The van der Waals surface area contributed by atoms with Crippen molar-refractivity contribution in [2.75, 3.05) is 13.2 Å². The summed E-state index contributed by atoms with van der Waals surface area (Å²) in [5, 5.41) is 54.2. The minimum atomic E-state index is -1.58. The number of carbonyl (C=O) groups excluding carboxylic acids is 1. The number of aliphatic hydroxyl groups excluding tert-OH is 5. The number of allylic oxidation sites excluding steroid dienone is 9. The van der Waals surface area contributed by atoms with E-state index in [1.165, 1.54) is 135 Å². The Bertz CT molecular complexity index is 1140. The lowest BCUT2D eigenvalue weighted by atomic mass is 9.99. The Balaban J connectivity index is 2.29. The molecular formula is C52H93NO8. The predicted octanol–water partition coefficient (Wildman–Crippen LogP) is 11.2. The van der Waals surface area contributed by atoms with Crippen LogP contribution in [-0.4, -0.2) is 87.5 Å². The van der Waals surface area contributed by atoms with Crippen molar-refractivity contribution in [2.45, 2.75) is 249 Å². The molecule has 9 nitrogen and oxygen atoms in total.